The van der Waals surface area contributed by atoms with Crippen LogP contribution in [0.1, 0.15) is 31.9 Å². The first-order valence-corrected chi connectivity index (χ1v) is 18.1. The predicted molar refractivity (Wildman–Crippen MR) is 204 cm³/mol. The third-order valence-electron chi connectivity index (χ3n) is 9.04. The molecule has 13 nitrogen and oxygen atoms in total. The number of hydrogen-bond donors (Lipinski definition) is 2. The number of rotatable bonds is 15. The van der Waals surface area contributed by atoms with Crippen molar-refractivity contribution < 1.29 is 14.2 Å². The minimum atomic E-state index is -1.28. The first-order chi connectivity index (χ1) is 25.8. The van der Waals surface area contributed by atoms with Gasteiger partial charge in [-0.1, -0.05) is 66.5 Å². The summed E-state index contributed by atoms with van der Waals surface area (Å²) in [4.78, 5) is 12.7. The average Bonchev–Trinajstić information content (AvgIpc) is 3.92. The zero-order chi connectivity index (χ0) is 36.8. The Bertz CT molecular complexity index is 2170. The number of benzene rings is 4. The van der Waals surface area contributed by atoms with E-state index in [1.54, 1.807) is 33.8 Å². The van der Waals surface area contributed by atoms with Gasteiger partial charge in [0.2, 0.25) is 5.79 Å². The maximum atomic E-state index is 12.7. The molecule has 1 aliphatic rings. The SMILES string of the molecule is CCC(C)n1ncn(-c2ccc(NCCNc3ccc(OC[C@@H]4CO[C@@](Cn5nnnc5-c5ccccc5)(c5ccc(Cl)cc5Cl)O4)cc3)cc2)c1=O. The summed E-state index contributed by atoms with van der Waals surface area (Å²) in [6.45, 7) is 6.06. The van der Waals surface area contributed by atoms with Gasteiger partial charge < -0.3 is 24.8 Å². The molecule has 274 valence electrons. The Balaban J connectivity index is 0.916. The van der Waals surface area contributed by atoms with Crippen molar-refractivity contribution in [2.24, 2.45) is 0 Å². The van der Waals surface area contributed by atoms with Gasteiger partial charge in [-0.05, 0) is 84.4 Å². The lowest BCUT2D eigenvalue weighted by atomic mass is 10.1. The molecule has 15 heteroatoms. The van der Waals surface area contributed by atoms with Gasteiger partial charge in [0.05, 0.1) is 23.4 Å². The lowest BCUT2D eigenvalue weighted by Crippen LogP contribution is -2.35. The normalized spacial score (nSPS) is 17.5. The molecular formula is C38H39Cl2N9O4. The van der Waals surface area contributed by atoms with Crippen molar-refractivity contribution in [1.29, 1.82) is 0 Å². The van der Waals surface area contributed by atoms with E-state index in [1.807, 2.05) is 92.7 Å². The summed E-state index contributed by atoms with van der Waals surface area (Å²) in [5.41, 5.74) is 4.02. The molecule has 0 amide bonds. The first-order valence-electron chi connectivity index (χ1n) is 17.4. The maximum absolute atomic E-state index is 12.7. The zero-order valence-electron chi connectivity index (χ0n) is 29.2. The number of tetrazole rings is 1. The van der Waals surface area contributed by atoms with Gasteiger partial charge in [-0.25, -0.2) is 18.7 Å². The molecule has 4 aromatic carbocycles. The summed E-state index contributed by atoms with van der Waals surface area (Å²) in [6, 6.07) is 30.4. The smallest absolute Gasteiger partial charge is 0.350 e. The standard InChI is InChI=1S/C38H39Cl2N9O4/c1-3-26(2)49-37(50)47(25-43-49)31-14-10-29(11-15-31)41-19-20-42-30-12-16-32(17-13-30)51-22-33-23-52-38(53-33,34-18-9-28(39)21-35(34)40)24-48-36(44-45-46-48)27-7-5-4-6-8-27/h4-18,21,25-26,33,41-42H,3,19-20,22-24H2,1-2H3/t26?,33-,38-/m1/s1. The van der Waals surface area contributed by atoms with E-state index >= 15 is 0 Å². The molecule has 1 aliphatic heterocycles. The second kappa shape index (κ2) is 16.2. The Morgan fingerprint density at radius 3 is 2.38 bits per heavy atom. The number of hydrogen-bond acceptors (Lipinski definition) is 10. The molecule has 0 radical (unpaired) electrons. The molecule has 0 saturated carbocycles. The topological polar surface area (TPSA) is 135 Å². The van der Waals surface area contributed by atoms with Crippen LogP contribution in [0.5, 0.6) is 5.75 Å². The van der Waals surface area contributed by atoms with Crippen molar-refractivity contribution in [2.75, 3.05) is 36.9 Å². The summed E-state index contributed by atoms with van der Waals surface area (Å²) >= 11 is 12.9. The summed E-state index contributed by atoms with van der Waals surface area (Å²) in [6.07, 6.45) is 2.00. The van der Waals surface area contributed by atoms with Gasteiger partial charge in [-0.2, -0.15) is 5.10 Å². The van der Waals surface area contributed by atoms with Crippen molar-refractivity contribution in [2.45, 2.75) is 44.7 Å². The number of aromatic nitrogens is 7. The number of ether oxygens (including phenoxy) is 3. The maximum Gasteiger partial charge on any atom is 0.350 e. The molecular weight excluding hydrogens is 717 g/mol. The molecule has 0 spiro atoms. The molecule has 3 heterocycles. The fourth-order valence-corrected chi connectivity index (χ4v) is 6.59. The zero-order valence-corrected chi connectivity index (χ0v) is 30.7. The molecule has 2 N–H and O–H groups in total. The van der Waals surface area contributed by atoms with Crippen molar-refractivity contribution in [1.82, 2.24) is 34.6 Å². The molecule has 3 atom stereocenters. The summed E-state index contributed by atoms with van der Waals surface area (Å²) in [5.74, 6) is -0.0173. The fourth-order valence-electron chi connectivity index (χ4n) is 6.04. The second-order valence-electron chi connectivity index (χ2n) is 12.7. The van der Waals surface area contributed by atoms with Gasteiger partial charge >= 0.3 is 5.69 Å². The molecule has 0 bridgehead atoms. The summed E-state index contributed by atoms with van der Waals surface area (Å²) in [5, 5.41) is 24.4. The van der Waals surface area contributed by atoms with Crippen LogP contribution in [0.3, 0.4) is 0 Å². The lowest BCUT2D eigenvalue weighted by Gasteiger charge is -2.29. The van der Waals surface area contributed by atoms with Gasteiger partial charge in [-0.3, -0.25) is 0 Å². The highest BCUT2D eigenvalue weighted by Crippen LogP contribution is 2.41. The largest absolute Gasteiger partial charge is 0.491 e. The monoisotopic (exact) mass is 755 g/mol. The van der Waals surface area contributed by atoms with Gasteiger partial charge in [0.15, 0.2) is 5.82 Å². The molecule has 0 aliphatic carbocycles. The van der Waals surface area contributed by atoms with Crippen LogP contribution in [-0.2, 0) is 21.8 Å². The number of halogens is 2. The van der Waals surface area contributed by atoms with Crippen molar-refractivity contribution in [3.8, 4) is 22.8 Å². The molecule has 6 aromatic rings. The number of nitrogens with one attached hydrogen (secondary N) is 2. The predicted octanol–water partition coefficient (Wildman–Crippen LogP) is 6.84. The van der Waals surface area contributed by atoms with Crippen molar-refractivity contribution in [3.63, 3.8) is 0 Å². The average molecular weight is 757 g/mol. The Kier molecular flexibility index (Phi) is 11.1. The van der Waals surface area contributed by atoms with E-state index in [2.05, 4.69) is 31.3 Å². The van der Waals surface area contributed by atoms with Crippen molar-refractivity contribution in [3.05, 3.63) is 129 Å². The van der Waals surface area contributed by atoms with Gasteiger partial charge in [-0.15, -0.1) is 5.10 Å². The van der Waals surface area contributed by atoms with E-state index in [0.29, 0.717) is 40.3 Å². The summed E-state index contributed by atoms with van der Waals surface area (Å²) in [7, 11) is 0. The molecule has 1 saturated heterocycles. The molecule has 2 aromatic heterocycles. The fraction of sp³-hybridized carbons (Fsp3) is 0.289. The van der Waals surface area contributed by atoms with Crippen LogP contribution in [0.4, 0.5) is 11.4 Å². The third kappa shape index (κ3) is 8.23. The Labute approximate surface area is 316 Å². The van der Waals surface area contributed by atoms with Crippen LogP contribution in [0.25, 0.3) is 17.1 Å². The molecule has 7 rings (SSSR count). The van der Waals surface area contributed by atoms with E-state index in [0.717, 1.165) is 29.0 Å². The van der Waals surface area contributed by atoms with Crippen LogP contribution < -0.4 is 21.1 Å². The van der Waals surface area contributed by atoms with Crippen LogP contribution in [0.2, 0.25) is 10.0 Å². The Morgan fingerprint density at radius 1 is 0.962 bits per heavy atom. The highest BCUT2D eigenvalue weighted by molar-refractivity contribution is 6.35. The van der Waals surface area contributed by atoms with E-state index in [4.69, 9.17) is 37.4 Å². The van der Waals surface area contributed by atoms with Crippen LogP contribution in [-0.4, -0.2) is 67.0 Å². The summed E-state index contributed by atoms with van der Waals surface area (Å²) < 4.78 is 23.8. The molecule has 53 heavy (non-hydrogen) atoms. The second-order valence-corrected chi connectivity index (χ2v) is 13.5. The van der Waals surface area contributed by atoms with Gasteiger partial charge in [0.1, 0.15) is 31.3 Å². The van der Waals surface area contributed by atoms with E-state index in [9.17, 15) is 4.79 Å². The van der Waals surface area contributed by atoms with Crippen LogP contribution >= 0.6 is 23.2 Å². The minimum absolute atomic E-state index is 0.0517. The third-order valence-corrected chi connectivity index (χ3v) is 9.59. The van der Waals surface area contributed by atoms with Gasteiger partial charge in [0, 0.05) is 40.6 Å². The molecule has 1 fully saturated rings. The quantitative estimate of drug-likeness (QED) is 0.107. The van der Waals surface area contributed by atoms with Crippen LogP contribution in [0.15, 0.2) is 108 Å². The van der Waals surface area contributed by atoms with E-state index < -0.39 is 11.9 Å². The van der Waals surface area contributed by atoms with Crippen molar-refractivity contribution >= 4 is 34.6 Å². The number of anilines is 2. The highest BCUT2D eigenvalue weighted by Gasteiger charge is 2.46. The van der Waals surface area contributed by atoms with Crippen LogP contribution in [0, 0.1) is 0 Å². The number of nitrogens with zero attached hydrogens (tertiary/aromatic N) is 7. The first kappa shape index (κ1) is 36.2. The molecule has 1 unspecified atom stereocenters. The minimum Gasteiger partial charge on any atom is -0.491 e. The van der Waals surface area contributed by atoms with Gasteiger partial charge in [0.25, 0.3) is 0 Å². The Morgan fingerprint density at radius 2 is 1.68 bits per heavy atom. The van der Waals surface area contributed by atoms with E-state index in [-0.39, 0.29) is 31.5 Å². The van der Waals surface area contributed by atoms with E-state index in [1.165, 1.54) is 4.68 Å². The Hall–Kier alpha value is -5.21. The highest BCUT2D eigenvalue weighted by atomic mass is 35.5. The lowest BCUT2D eigenvalue weighted by molar-refractivity contribution is -0.190.